The standard InChI is InChI=1S/C17H19N7O2S/c1-2-24-16(14-15(18)23-26-22-14)20-21-17(24)27-9-13(25)19-12-7-6-10-4-3-5-11(10)8-12/h6-8H,2-5,9H2,1H3,(H2,18,23)(H,19,25). The van der Waals surface area contributed by atoms with Crippen LogP contribution >= 0.6 is 11.8 Å². The zero-order chi connectivity index (χ0) is 18.8. The number of thioether (sulfide) groups is 1. The van der Waals surface area contributed by atoms with Crippen molar-refractivity contribution < 1.29 is 9.42 Å². The fourth-order valence-corrected chi connectivity index (χ4v) is 3.99. The lowest BCUT2D eigenvalue weighted by atomic mass is 10.1. The molecule has 1 aromatic carbocycles. The van der Waals surface area contributed by atoms with Gasteiger partial charge in [-0.25, -0.2) is 4.63 Å². The molecule has 0 saturated carbocycles. The third-order valence-electron chi connectivity index (χ3n) is 4.47. The summed E-state index contributed by atoms with van der Waals surface area (Å²) in [5.41, 5.74) is 9.62. The van der Waals surface area contributed by atoms with Gasteiger partial charge in [-0.1, -0.05) is 17.8 Å². The summed E-state index contributed by atoms with van der Waals surface area (Å²) in [7, 11) is 0. The molecule has 27 heavy (non-hydrogen) atoms. The van der Waals surface area contributed by atoms with Gasteiger partial charge in [0, 0.05) is 12.2 Å². The van der Waals surface area contributed by atoms with Crippen molar-refractivity contribution >= 4 is 29.2 Å². The Labute approximate surface area is 159 Å². The molecule has 1 amide bonds. The maximum absolute atomic E-state index is 12.3. The van der Waals surface area contributed by atoms with Gasteiger partial charge < -0.3 is 15.6 Å². The number of nitrogen functional groups attached to an aromatic ring is 1. The van der Waals surface area contributed by atoms with E-state index < -0.39 is 0 Å². The van der Waals surface area contributed by atoms with Crippen molar-refractivity contribution in [3.63, 3.8) is 0 Å². The van der Waals surface area contributed by atoms with Crippen molar-refractivity contribution in [1.82, 2.24) is 25.1 Å². The van der Waals surface area contributed by atoms with E-state index in [9.17, 15) is 4.79 Å². The molecule has 2 aromatic heterocycles. The van der Waals surface area contributed by atoms with Gasteiger partial charge in [0.05, 0.1) is 5.75 Å². The normalized spacial score (nSPS) is 12.9. The largest absolute Gasteiger partial charge is 0.379 e. The Morgan fingerprint density at radius 3 is 2.93 bits per heavy atom. The minimum absolute atomic E-state index is 0.0900. The number of carbonyl (C=O) groups is 1. The van der Waals surface area contributed by atoms with Gasteiger partial charge in [-0.05, 0) is 59.8 Å². The van der Waals surface area contributed by atoms with E-state index in [1.807, 2.05) is 17.6 Å². The number of nitrogens with zero attached hydrogens (tertiary/aromatic N) is 5. The first-order chi connectivity index (χ1) is 13.2. The number of amides is 1. The van der Waals surface area contributed by atoms with Gasteiger partial charge in [-0.2, -0.15) is 0 Å². The summed E-state index contributed by atoms with van der Waals surface area (Å²) in [6.07, 6.45) is 3.39. The Hall–Kier alpha value is -2.88. The lowest BCUT2D eigenvalue weighted by Gasteiger charge is -2.08. The monoisotopic (exact) mass is 385 g/mol. The molecule has 0 bridgehead atoms. The highest BCUT2D eigenvalue weighted by atomic mass is 32.2. The molecule has 0 atom stereocenters. The molecule has 0 fully saturated rings. The SMILES string of the molecule is CCn1c(SCC(=O)Nc2ccc3c(c2)CCC3)nnc1-c1nonc1N. The number of rotatable bonds is 6. The number of aromatic nitrogens is 5. The van der Waals surface area contributed by atoms with Gasteiger partial charge in [0.2, 0.25) is 5.91 Å². The summed E-state index contributed by atoms with van der Waals surface area (Å²) in [5.74, 6) is 0.760. The minimum atomic E-state index is -0.0900. The molecule has 3 N–H and O–H groups in total. The van der Waals surface area contributed by atoms with Crippen LogP contribution in [0.4, 0.5) is 11.5 Å². The molecule has 9 nitrogen and oxygen atoms in total. The zero-order valence-electron chi connectivity index (χ0n) is 14.8. The second-order valence-corrected chi connectivity index (χ2v) is 7.16. The summed E-state index contributed by atoms with van der Waals surface area (Å²) >= 11 is 1.31. The number of nitrogens with two attached hydrogens (primary N) is 1. The third-order valence-corrected chi connectivity index (χ3v) is 5.44. The van der Waals surface area contributed by atoms with Gasteiger partial charge in [-0.15, -0.1) is 10.2 Å². The van der Waals surface area contributed by atoms with Crippen molar-refractivity contribution in [2.45, 2.75) is 37.9 Å². The molecule has 0 aliphatic heterocycles. The summed E-state index contributed by atoms with van der Waals surface area (Å²) < 4.78 is 6.45. The minimum Gasteiger partial charge on any atom is -0.379 e. The van der Waals surface area contributed by atoms with Crippen LogP contribution in [0.2, 0.25) is 0 Å². The van der Waals surface area contributed by atoms with E-state index in [1.165, 1.54) is 29.3 Å². The lowest BCUT2D eigenvalue weighted by Crippen LogP contribution is -2.15. The molecule has 0 saturated heterocycles. The number of aryl methyl sites for hydroxylation is 2. The first-order valence-corrected chi connectivity index (χ1v) is 9.70. The predicted molar refractivity (Wildman–Crippen MR) is 101 cm³/mol. The molecule has 2 heterocycles. The molecule has 0 spiro atoms. The first-order valence-electron chi connectivity index (χ1n) is 8.71. The molecule has 1 aliphatic carbocycles. The van der Waals surface area contributed by atoms with Crippen LogP contribution in [-0.2, 0) is 24.2 Å². The fraction of sp³-hybridized carbons (Fsp3) is 0.353. The highest BCUT2D eigenvalue weighted by Gasteiger charge is 2.20. The van der Waals surface area contributed by atoms with E-state index in [4.69, 9.17) is 5.73 Å². The first kappa shape index (κ1) is 17.5. The molecule has 0 unspecified atom stereocenters. The summed E-state index contributed by atoms with van der Waals surface area (Å²) in [6.45, 7) is 2.55. The van der Waals surface area contributed by atoms with Crippen molar-refractivity contribution in [2.75, 3.05) is 16.8 Å². The Morgan fingerprint density at radius 1 is 1.30 bits per heavy atom. The van der Waals surface area contributed by atoms with Crippen LogP contribution in [0.25, 0.3) is 11.5 Å². The van der Waals surface area contributed by atoms with Crippen LogP contribution in [0.5, 0.6) is 0 Å². The van der Waals surface area contributed by atoms with E-state index in [0.29, 0.717) is 23.2 Å². The van der Waals surface area contributed by atoms with E-state index >= 15 is 0 Å². The second-order valence-electron chi connectivity index (χ2n) is 6.22. The van der Waals surface area contributed by atoms with E-state index in [-0.39, 0.29) is 17.5 Å². The van der Waals surface area contributed by atoms with E-state index in [2.05, 4.69) is 42.6 Å². The number of fused-ring (bicyclic) bond motifs is 1. The summed E-state index contributed by atoms with van der Waals surface area (Å²) in [6, 6.07) is 6.12. The van der Waals surface area contributed by atoms with Gasteiger partial charge in [-0.3, -0.25) is 4.79 Å². The Kier molecular flexibility index (Phi) is 4.80. The number of carbonyl (C=O) groups excluding carboxylic acids is 1. The predicted octanol–water partition coefficient (Wildman–Crippen LogP) is 2.15. The van der Waals surface area contributed by atoms with Crippen LogP contribution in [-0.4, -0.2) is 36.7 Å². The zero-order valence-corrected chi connectivity index (χ0v) is 15.6. The molecule has 140 valence electrons. The highest BCUT2D eigenvalue weighted by molar-refractivity contribution is 7.99. The molecule has 4 rings (SSSR count). The maximum atomic E-state index is 12.3. The number of anilines is 2. The maximum Gasteiger partial charge on any atom is 0.234 e. The number of hydrogen-bond acceptors (Lipinski definition) is 8. The summed E-state index contributed by atoms with van der Waals surface area (Å²) in [4.78, 5) is 12.3. The molecular formula is C17H19N7O2S. The van der Waals surface area contributed by atoms with Crippen LogP contribution in [0, 0.1) is 0 Å². The van der Waals surface area contributed by atoms with Crippen LogP contribution in [0.1, 0.15) is 24.5 Å². The van der Waals surface area contributed by atoms with E-state index in [1.54, 1.807) is 0 Å². The van der Waals surface area contributed by atoms with Gasteiger partial charge in [0.1, 0.15) is 0 Å². The van der Waals surface area contributed by atoms with Gasteiger partial charge in [0.15, 0.2) is 22.5 Å². The lowest BCUT2D eigenvalue weighted by molar-refractivity contribution is -0.113. The summed E-state index contributed by atoms with van der Waals surface area (Å²) in [5, 5.41) is 19.1. The van der Waals surface area contributed by atoms with Crippen molar-refractivity contribution in [2.24, 2.45) is 0 Å². The van der Waals surface area contributed by atoms with Crippen molar-refractivity contribution in [3.05, 3.63) is 29.3 Å². The van der Waals surface area contributed by atoms with Gasteiger partial charge >= 0.3 is 0 Å². The molecular weight excluding hydrogens is 366 g/mol. The van der Waals surface area contributed by atoms with Crippen LogP contribution < -0.4 is 11.1 Å². The van der Waals surface area contributed by atoms with Gasteiger partial charge in [0.25, 0.3) is 0 Å². The van der Waals surface area contributed by atoms with E-state index in [0.717, 1.165) is 18.5 Å². The topological polar surface area (TPSA) is 125 Å². The number of hydrogen-bond donors (Lipinski definition) is 2. The fourth-order valence-electron chi connectivity index (χ4n) is 3.18. The average Bonchev–Trinajstić information content (AvgIpc) is 3.38. The van der Waals surface area contributed by atoms with Crippen LogP contribution in [0.3, 0.4) is 0 Å². The molecule has 3 aromatic rings. The quantitative estimate of drug-likeness (QED) is 0.618. The Morgan fingerprint density at radius 2 is 2.15 bits per heavy atom. The van der Waals surface area contributed by atoms with Crippen molar-refractivity contribution in [3.8, 4) is 11.5 Å². The Balaban J connectivity index is 1.42. The van der Waals surface area contributed by atoms with Crippen LogP contribution in [0.15, 0.2) is 28.0 Å². The molecule has 0 radical (unpaired) electrons. The number of benzene rings is 1. The third kappa shape index (κ3) is 3.52. The molecule has 1 aliphatic rings. The average molecular weight is 385 g/mol. The smallest absolute Gasteiger partial charge is 0.234 e. The number of nitrogens with one attached hydrogen (secondary N) is 1. The molecule has 10 heteroatoms. The van der Waals surface area contributed by atoms with Crippen molar-refractivity contribution in [1.29, 1.82) is 0 Å². The second kappa shape index (κ2) is 7.39. The Bertz CT molecular complexity index is 982. The highest BCUT2D eigenvalue weighted by Crippen LogP contribution is 2.27.